The van der Waals surface area contributed by atoms with Crippen LogP contribution in [0.2, 0.25) is 0 Å². The standard InChI is InChI=1S/C25H30N6O4/c1-33-17-23(32)31-10-13-35-20(16-31)15-28-25-24-22(26-6-7-27-24)14-21(29-25)18-2-4-19(5-3-18)30-8-11-34-12-9-30/h2-7,14,20H,8-13,15-17H2,1H3,(H,28,29)/t20-/m1/s1. The number of fused-ring (bicyclic) bond motifs is 1. The number of aromatic nitrogens is 3. The Balaban J connectivity index is 1.34. The van der Waals surface area contributed by atoms with E-state index in [2.05, 4.69) is 44.5 Å². The molecule has 10 heteroatoms. The molecule has 0 saturated carbocycles. The van der Waals surface area contributed by atoms with Crippen molar-refractivity contribution in [2.24, 2.45) is 0 Å². The predicted molar refractivity (Wildman–Crippen MR) is 132 cm³/mol. The Hall–Kier alpha value is -3.34. The number of amides is 1. The van der Waals surface area contributed by atoms with Crippen LogP contribution in [0.1, 0.15) is 0 Å². The summed E-state index contributed by atoms with van der Waals surface area (Å²) in [7, 11) is 1.53. The largest absolute Gasteiger partial charge is 0.378 e. The molecule has 0 radical (unpaired) electrons. The second-order valence-electron chi connectivity index (χ2n) is 8.57. The monoisotopic (exact) mass is 478 g/mol. The van der Waals surface area contributed by atoms with Crippen LogP contribution in [0.5, 0.6) is 0 Å². The fraction of sp³-hybridized carbons (Fsp3) is 0.440. The van der Waals surface area contributed by atoms with Crippen molar-refractivity contribution in [1.29, 1.82) is 0 Å². The predicted octanol–water partition coefficient (Wildman–Crippen LogP) is 1.81. The molecule has 3 aromatic rings. The third-order valence-corrected chi connectivity index (χ3v) is 6.25. The summed E-state index contributed by atoms with van der Waals surface area (Å²) in [4.78, 5) is 30.2. The number of rotatable bonds is 7. The van der Waals surface area contributed by atoms with Crippen LogP contribution < -0.4 is 10.2 Å². The van der Waals surface area contributed by atoms with E-state index in [9.17, 15) is 4.79 Å². The maximum atomic E-state index is 12.2. The molecule has 1 aromatic carbocycles. The fourth-order valence-corrected chi connectivity index (χ4v) is 4.40. The molecule has 0 unspecified atom stereocenters. The maximum absolute atomic E-state index is 12.2. The van der Waals surface area contributed by atoms with E-state index < -0.39 is 0 Å². The Labute approximate surface area is 204 Å². The molecule has 1 amide bonds. The summed E-state index contributed by atoms with van der Waals surface area (Å²) >= 11 is 0. The Morgan fingerprint density at radius 2 is 1.91 bits per heavy atom. The molecule has 2 aliphatic heterocycles. The van der Waals surface area contributed by atoms with E-state index in [0.29, 0.717) is 37.6 Å². The van der Waals surface area contributed by atoms with Gasteiger partial charge in [-0.05, 0) is 18.2 Å². The highest BCUT2D eigenvalue weighted by Gasteiger charge is 2.24. The van der Waals surface area contributed by atoms with Gasteiger partial charge in [-0.2, -0.15) is 0 Å². The number of anilines is 2. The SMILES string of the molecule is COCC(=O)N1CCO[C@H](CNc2nc(-c3ccc(N4CCOCC4)cc3)cc3nccnc23)C1. The van der Waals surface area contributed by atoms with E-state index in [1.807, 2.05) is 6.07 Å². The fourth-order valence-electron chi connectivity index (χ4n) is 4.40. The average Bonchev–Trinajstić information content (AvgIpc) is 2.92. The first kappa shape index (κ1) is 23.4. The number of carbonyl (C=O) groups excluding carboxylic acids is 1. The van der Waals surface area contributed by atoms with Gasteiger partial charge < -0.3 is 29.3 Å². The van der Waals surface area contributed by atoms with Crippen molar-refractivity contribution < 1.29 is 19.0 Å². The first-order valence-electron chi connectivity index (χ1n) is 11.9. The lowest BCUT2D eigenvalue weighted by Gasteiger charge is -2.33. The van der Waals surface area contributed by atoms with Crippen molar-refractivity contribution in [3.8, 4) is 11.3 Å². The average molecular weight is 479 g/mol. The molecule has 1 atom stereocenters. The summed E-state index contributed by atoms with van der Waals surface area (Å²) in [6.45, 7) is 5.44. The van der Waals surface area contributed by atoms with E-state index in [4.69, 9.17) is 19.2 Å². The molecule has 1 N–H and O–H groups in total. The van der Waals surface area contributed by atoms with Gasteiger partial charge >= 0.3 is 0 Å². The van der Waals surface area contributed by atoms with Crippen LogP contribution in [0.15, 0.2) is 42.7 Å². The van der Waals surface area contributed by atoms with Gasteiger partial charge in [-0.1, -0.05) is 12.1 Å². The smallest absolute Gasteiger partial charge is 0.248 e. The van der Waals surface area contributed by atoms with E-state index in [-0.39, 0.29) is 18.6 Å². The Bertz CT molecular complexity index is 1150. The Morgan fingerprint density at radius 3 is 2.71 bits per heavy atom. The minimum atomic E-state index is -0.158. The van der Waals surface area contributed by atoms with Crippen molar-refractivity contribution >= 4 is 28.4 Å². The van der Waals surface area contributed by atoms with Gasteiger partial charge in [-0.3, -0.25) is 9.78 Å². The van der Waals surface area contributed by atoms with Crippen molar-refractivity contribution in [2.75, 3.05) is 76.5 Å². The third-order valence-electron chi connectivity index (χ3n) is 6.25. The van der Waals surface area contributed by atoms with Gasteiger partial charge in [0.25, 0.3) is 0 Å². The Morgan fingerprint density at radius 1 is 1.11 bits per heavy atom. The molecule has 2 fully saturated rings. The summed E-state index contributed by atoms with van der Waals surface area (Å²) in [5.74, 6) is 0.615. The molecule has 10 nitrogen and oxygen atoms in total. The molecule has 5 rings (SSSR count). The molecule has 2 saturated heterocycles. The lowest BCUT2D eigenvalue weighted by atomic mass is 10.1. The highest BCUT2D eigenvalue weighted by Crippen LogP contribution is 2.27. The van der Waals surface area contributed by atoms with Crippen LogP contribution in [0.25, 0.3) is 22.3 Å². The zero-order chi connectivity index (χ0) is 24.0. The number of ether oxygens (including phenoxy) is 3. The number of hydrogen-bond donors (Lipinski definition) is 1. The zero-order valence-electron chi connectivity index (χ0n) is 19.9. The van der Waals surface area contributed by atoms with Crippen molar-refractivity contribution in [3.63, 3.8) is 0 Å². The van der Waals surface area contributed by atoms with Crippen LogP contribution in [0, 0.1) is 0 Å². The first-order valence-corrected chi connectivity index (χ1v) is 11.9. The van der Waals surface area contributed by atoms with Crippen LogP contribution in [-0.2, 0) is 19.0 Å². The minimum absolute atomic E-state index is 0.0298. The van der Waals surface area contributed by atoms with Crippen LogP contribution in [0.4, 0.5) is 11.5 Å². The van der Waals surface area contributed by atoms with E-state index >= 15 is 0 Å². The van der Waals surface area contributed by atoms with Gasteiger partial charge in [0.1, 0.15) is 12.1 Å². The van der Waals surface area contributed by atoms with Gasteiger partial charge in [0.2, 0.25) is 5.91 Å². The summed E-state index contributed by atoms with van der Waals surface area (Å²) in [6, 6.07) is 10.4. The molecule has 0 bridgehead atoms. The molecule has 0 spiro atoms. The van der Waals surface area contributed by atoms with Gasteiger partial charge in [0, 0.05) is 63.5 Å². The van der Waals surface area contributed by atoms with Gasteiger partial charge in [0.05, 0.1) is 37.1 Å². The maximum Gasteiger partial charge on any atom is 0.248 e. The minimum Gasteiger partial charge on any atom is -0.378 e. The molecule has 2 aromatic heterocycles. The lowest BCUT2D eigenvalue weighted by Crippen LogP contribution is -2.48. The number of carbonyl (C=O) groups is 1. The van der Waals surface area contributed by atoms with Crippen molar-refractivity contribution in [3.05, 3.63) is 42.7 Å². The summed E-state index contributed by atoms with van der Waals surface area (Å²) in [5.41, 5.74) is 4.46. The van der Waals surface area contributed by atoms with Crippen LogP contribution >= 0.6 is 0 Å². The number of pyridine rings is 1. The van der Waals surface area contributed by atoms with Crippen molar-refractivity contribution in [1.82, 2.24) is 19.9 Å². The summed E-state index contributed by atoms with van der Waals surface area (Å²) in [6.07, 6.45) is 3.18. The molecule has 2 aliphatic rings. The molecule has 35 heavy (non-hydrogen) atoms. The second kappa shape index (κ2) is 10.9. The quantitative estimate of drug-likeness (QED) is 0.545. The topological polar surface area (TPSA) is 102 Å². The normalized spacial score (nSPS) is 18.6. The number of nitrogens with one attached hydrogen (secondary N) is 1. The summed E-state index contributed by atoms with van der Waals surface area (Å²) < 4.78 is 16.3. The highest BCUT2D eigenvalue weighted by atomic mass is 16.5. The number of nitrogens with zero attached hydrogens (tertiary/aromatic N) is 5. The molecule has 184 valence electrons. The molecular weight excluding hydrogens is 448 g/mol. The van der Waals surface area contributed by atoms with E-state index in [1.54, 1.807) is 17.3 Å². The number of benzene rings is 1. The second-order valence-corrected chi connectivity index (χ2v) is 8.57. The van der Waals surface area contributed by atoms with E-state index in [1.165, 1.54) is 12.8 Å². The molecule has 0 aliphatic carbocycles. The van der Waals surface area contributed by atoms with Gasteiger partial charge in [-0.25, -0.2) is 9.97 Å². The number of methoxy groups -OCH3 is 1. The van der Waals surface area contributed by atoms with Crippen LogP contribution in [0.3, 0.4) is 0 Å². The number of morpholine rings is 2. The van der Waals surface area contributed by atoms with Gasteiger partial charge in [0.15, 0.2) is 5.82 Å². The highest BCUT2D eigenvalue weighted by molar-refractivity contribution is 5.88. The lowest BCUT2D eigenvalue weighted by molar-refractivity contribution is -0.142. The van der Waals surface area contributed by atoms with Crippen LogP contribution in [-0.4, -0.2) is 98.1 Å². The van der Waals surface area contributed by atoms with Gasteiger partial charge in [-0.15, -0.1) is 0 Å². The first-order chi connectivity index (χ1) is 17.2. The van der Waals surface area contributed by atoms with E-state index in [0.717, 1.165) is 43.1 Å². The summed E-state index contributed by atoms with van der Waals surface area (Å²) in [5, 5.41) is 3.39. The Kier molecular flexibility index (Phi) is 7.31. The van der Waals surface area contributed by atoms with Crippen molar-refractivity contribution in [2.45, 2.75) is 6.10 Å². The number of hydrogen-bond acceptors (Lipinski definition) is 9. The molecule has 4 heterocycles. The molecular formula is C25H30N6O4. The third kappa shape index (κ3) is 5.50. The zero-order valence-corrected chi connectivity index (χ0v) is 19.9.